The topological polar surface area (TPSA) is 43.4 Å². The molecule has 0 heterocycles. The van der Waals surface area contributed by atoms with Crippen LogP contribution in [0.15, 0.2) is 0 Å². The van der Waals surface area contributed by atoms with Crippen LogP contribution in [0.3, 0.4) is 0 Å². The van der Waals surface area contributed by atoms with Crippen LogP contribution in [0.4, 0.5) is 17.7 Å². The van der Waals surface area contributed by atoms with Gasteiger partial charge in [-0.15, -0.1) is 0 Å². The van der Waals surface area contributed by atoms with E-state index in [2.05, 4.69) is 32.1 Å². The van der Waals surface area contributed by atoms with Gasteiger partial charge in [0.15, 0.2) is 0 Å². The van der Waals surface area contributed by atoms with E-state index in [0.717, 1.165) is 0 Å². The van der Waals surface area contributed by atoms with E-state index >= 15 is 0 Å². The van der Waals surface area contributed by atoms with Crippen LogP contribution < -0.4 is 0 Å². The molecule has 0 aromatic carbocycles. The fourth-order valence-corrected chi connectivity index (χ4v) is 2.38. The Morgan fingerprint density at radius 3 is 1.52 bits per heavy atom. The maximum absolute atomic E-state index is 11.4. The molecule has 21 heavy (non-hydrogen) atoms. The van der Waals surface area contributed by atoms with Crippen molar-refractivity contribution in [3.05, 3.63) is 0 Å². The summed E-state index contributed by atoms with van der Waals surface area (Å²) < 4.78 is 69.2. The van der Waals surface area contributed by atoms with E-state index in [-0.39, 0.29) is 0 Å². The maximum Gasteiger partial charge on any atom is 0.389 e. The number of hydrogen-bond donors (Lipinski definition) is 0. The molecular weight excluding hydrogens is 314 g/mol. The second-order valence-electron chi connectivity index (χ2n) is 4.65. The van der Waals surface area contributed by atoms with E-state index in [4.69, 9.17) is 0 Å². The first-order chi connectivity index (χ1) is 9.51. The van der Waals surface area contributed by atoms with Crippen LogP contribution in [-0.4, -0.2) is 51.0 Å². The van der Waals surface area contributed by atoms with Crippen LogP contribution in [0.5, 0.6) is 0 Å². The fraction of sp³-hybridized carbons (Fsp3) is 1.00. The van der Waals surface area contributed by atoms with Gasteiger partial charge in [0.2, 0.25) is 0 Å². The quantitative estimate of drug-likeness (QED) is 0.502. The Bertz CT molecular complexity index is 336. The van der Waals surface area contributed by atoms with Gasteiger partial charge in [-0.1, -0.05) is 4.39 Å². The highest BCUT2D eigenvalue weighted by Gasteiger charge is 2.27. The van der Waals surface area contributed by atoms with E-state index in [0.29, 0.717) is 0 Å². The molecule has 0 aliphatic heterocycles. The molecule has 0 aliphatic carbocycles. The highest BCUT2D eigenvalue weighted by molar-refractivity contribution is 7.86. The van der Waals surface area contributed by atoms with Gasteiger partial charge in [-0.25, -0.2) is 0 Å². The molecule has 4 nitrogen and oxygen atoms in total. The minimum absolute atomic E-state index is 0.699. The van der Waals surface area contributed by atoms with E-state index in [1.807, 2.05) is 0 Å². The summed E-state index contributed by atoms with van der Waals surface area (Å²) in [6, 6.07) is 0. The summed E-state index contributed by atoms with van der Waals surface area (Å²) in [4.78, 5) is 0. The van der Waals surface area contributed by atoms with Gasteiger partial charge in [-0.05, 0) is 38.6 Å². The van der Waals surface area contributed by atoms with Gasteiger partial charge in [0, 0.05) is 6.42 Å². The number of nitrogens with zero attached hydrogens (tertiary/aromatic N) is 1. The largest absolute Gasteiger partial charge is 0.389 e. The SMILES string of the molecule is CC[N+](CC)(CC)CC.O=S(=O)(CCCC(F)(F)F)OF. The lowest BCUT2D eigenvalue weighted by atomic mass is 10.3. The molecule has 0 fully saturated rings. The molecule has 0 aliphatic rings. The molecule has 0 bridgehead atoms. The van der Waals surface area contributed by atoms with Crippen LogP contribution in [0.2, 0.25) is 0 Å². The molecule has 0 rings (SSSR count). The molecule has 0 aromatic rings. The zero-order valence-electron chi connectivity index (χ0n) is 13.0. The molecular formula is C12H26F4NO3S+. The lowest BCUT2D eigenvalue weighted by Crippen LogP contribution is -2.47. The van der Waals surface area contributed by atoms with Crippen molar-refractivity contribution in [3.63, 3.8) is 0 Å². The zero-order chi connectivity index (χ0) is 17.2. The molecule has 0 amide bonds. The standard InChI is InChI=1S/C8H20N.C4H6F4O3S/c1-5-9(6-2,7-3)8-4;5-4(6,7)2-1-3-12(9,10)11-8/h5-8H2,1-4H3;1-3H2/q+1;. The van der Waals surface area contributed by atoms with Crippen molar-refractivity contribution in [2.24, 2.45) is 0 Å². The van der Waals surface area contributed by atoms with E-state index in [1.54, 1.807) is 0 Å². The van der Waals surface area contributed by atoms with Crippen LogP contribution in [0.1, 0.15) is 40.5 Å². The molecule has 0 saturated carbocycles. The number of rotatable bonds is 8. The Morgan fingerprint density at radius 2 is 1.33 bits per heavy atom. The predicted octanol–water partition coefficient (Wildman–Crippen LogP) is 3.44. The average Bonchev–Trinajstić information content (AvgIpc) is 2.41. The van der Waals surface area contributed by atoms with Crippen molar-refractivity contribution in [2.45, 2.75) is 46.7 Å². The summed E-state index contributed by atoms with van der Waals surface area (Å²) >= 11 is 0. The molecule has 0 radical (unpaired) electrons. The summed E-state index contributed by atoms with van der Waals surface area (Å²) in [7, 11) is -4.41. The van der Waals surface area contributed by atoms with Gasteiger partial charge in [0.1, 0.15) is 0 Å². The highest BCUT2D eigenvalue weighted by Crippen LogP contribution is 2.21. The number of hydrogen-bond acceptors (Lipinski definition) is 3. The van der Waals surface area contributed by atoms with E-state index < -0.39 is 34.9 Å². The second kappa shape index (κ2) is 10.3. The van der Waals surface area contributed by atoms with Crippen LogP contribution in [-0.2, 0) is 14.5 Å². The third-order valence-corrected chi connectivity index (χ3v) is 4.61. The van der Waals surface area contributed by atoms with Crippen molar-refractivity contribution in [1.82, 2.24) is 0 Å². The summed E-state index contributed by atoms with van der Waals surface area (Å²) in [5, 5.41) is 0. The van der Waals surface area contributed by atoms with Gasteiger partial charge in [0.05, 0.1) is 31.9 Å². The third kappa shape index (κ3) is 11.9. The van der Waals surface area contributed by atoms with Crippen molar-refractivity contribution >= 4 is 10.1 Å². The lowest BCUT2D eigenvalue weighted by Gasteiger charge is -2.34. The van der Waals surface area contributed by atoms with Crippen molar-refractivity contribution in [3.8, 4) is 0 Å². The number of quaternary nitrogens is 1. The first-order valence-electron chi connectivity index (χ1n) is 6.96. The molecule has 130 valence electrons. The Labute approximate surface area is 124 Å². The molecule has 0 atom stereocenters. The van der Waals surface area contributed by atoms with Gasteiger partial charge < -0.3 is 4.48 Å². The minimum Gasteiger partial charge on any atom is -0.325 e. The van der Waals surface area contributed by atoms with Crippen LogP contribution in [0, 0.1) is 0 Å². The molecule has 0 aromatic heterocycles. The Morgan fingerprint density at radius 1 is 0.952 bits per heavy atom. The fourth-order valence-electron chi connectivity index (χ4n) is 1.82. The summed E-state index contributed by atoms with van der Waals surface area (Å²) in [6.07, 6.45) is -6.39. The first kappa shape index (κ1) is 22.9. The molecule has 0 N–H and O–H groups in total. The van der Waals surface area contributed by atoms with Gasteiger partial charge in [-0.3, -0.25) is 0 Å². The normalized spacial score (nSPS) is 12.8. The second-order valence-corrected chi connectivity index (χ2v) is 6.30. The van der Waals surface area contributed by atoms with Crippen molar-refractivity contribution in [2.75, 3.05) is 31.9 Å². The molecule has 9 heteroatoms. The summed E-state index contributed by atoms with van der Waals surface area (Å²) in [5.74, 6) is -0.969. The average molecular weight is 340 g/mol. The first-order valence-corrected chi connectivity index (χ1v) is 8.53. The molecule has 0 spiro atoms. The monoisotopic (exact) mass is 340 g/mol. The predicted molar refractivity (Wildman–Crippen MR) is 73.7 cm³/mol. The Balaban J connectivity index is 0. The van der Waals surface area contributed by atoms with Gasteiger partial charge in [0.25, 0.3) is 10.1 Å². The smallest absolute Gasteiger partial charge is 0.325 e. The van der Waals surface area contributed by atoms with Crippen LogP contribution in [0.25, 0.3) is 0 Å². The number of halogens is 4. The summed E-state index contributed by atoms with van der Waals surface area (Å²) in [6.45, 7) is 14.2. The van der Waals surface area contributed by atoms with Gasteiger partial charge in [-0.2, -0.15) is 21.6 Å². The molecule has 0 unspecified atom stereocenters. The Kier molecular flexibility index (Phi) is 11.3. The number of alkyl halides is 3. The van der Waals surface area contributed by atoms with Crippen molar-refractivity contribution < 1.29 is 35.0 Å². The van der Waals surface area contributed by atoms with E-state index in [9.17, 15) is 26.1 Å². The molecule has 0 saturated heterocycles. The summed E-state index contributed by atoms with van der Waals surface area (Å²) in [5.41, 5.74) is 0. The zero-order valence-corrected chi connectivity index (χ0v) is 13.9. The maximum atomic E-state index is 11.4. The lowest BCUT2D eigenvalue weighted by molar-refractivity contribution is -0.921. The van der Waals surface area contributed by atoms with Gasteiger partial charge >= 0.3 is 6.18 Å². The highest BCUT2D eigenvalue weighted by atomic mass is 32.2. The van der Waals surface area contributed by atoms with E-state index in [1.165, 1.54) is 30.7 Å². The van der Waals surface area contributed by atoms with Crippen molar-refractivity contribution in [1.29, 1.82) is 0 Å². The third-order valence-electron chi connectivity index (χ3n) is 3.63. The van der Waals surface area contributed by atoms with Crippen LogP contribution >= 0.6 is 0 Å². The Hall–Kier alpha value is -0.410. The minimum atomic E-state index is -4.42.